The molecule has 0 amide bonds. The van der Waals surface area contributed by atoms with Crippen LogP contribution in [0.4, 0.5) is 0 Å². The summed E-state index contributed by atoms with van der Waals surface area (Å²) in [4.78, 5) is 2.50. The van der Waals surface area contributed by atoms with E-state index in [1.54, 1.807) is 0 Å². The highest BCUT2D eigenvalue weighted by atomic mass is 15.1. The van der Waals surface area contributed by atoms with Gasteiger partial charge in [-0.15, -0.1) is 0 Å². The van der Waals surface area contributed by atoms with Gasteiger partial charge < -0.3 is 0 Å². The zero-order chi connectivity index (χ0) is 15.0. The molecule has 0 aromatic heterocycles. The van der Waals surface area contributed by atoms with Crippen LogP contribution in [0.15, 0.2) is 24.3 Å². The largest absolute Gasteiger partial charge is 0.299 e. The maximum atomic E-state index is 9.20. The van der Waals surface area contributed by atoms with Crippen LogP contribution in [0.3, 0.4) is 0 Å². The first kappa shape index (κ1) is 16.7. The van der Waals surface area contributed by atoms with Crippen molar-refractivity contribution in [1.29, 1.82) is 5.26 Å². The van der Waals surface area contributed by atoms with Gasteiger partial charge in [0.25, 0.3) is 0 Å². The zero-order valence-corrected chi connectivity index (χ0v) is 13.4. The molecule has 0 bridgehead atoms. The number of rotatable bonds is 8. The Labute approximate surface area is 124 Å². The molecule has 0 aliphatic heterocycles. The van der Waals surface area contributed by atoms with E-state index >= 15 is 0 Å². The SMILES string of the molecule is CC(C)CCN(CCC(C)C)Cc1ccccc1C#N. The average Bonchev–Trinajstić information content (AvgIpc) is 2.42. The van der Waals surface area contributed by atoms with Crippen LogP contribution in [0.2, 0.25) is 0 Å². The second-order valence-corrected chi connectivity index (χ2v) is 6.41. The van der Waals surface area contributed by atoms with Crippen molar-refractivity contribution in [2.24, 2.45) is 11.8 Å². The van der Waals surface area contributed by atoms with E-state index in [0.29, 0.717) is 0 Å². The van der Waals surface area contributed by atoms with Gasteiger partial charge in [-0.25, -0.2) is 0 Å². The van der Waals surface area contributed by atoms with Gasteiger partial charge in [-0.05, 0) is 49.4 Å². The summed E-state index contributed by atoms with van der Waals surface area (Å²) < 4.78 is 0. The molecule has 0 saturated carbocycles. The van der Waals surface area contributed by atoms with Crippen LogP contribution in [0.1, 0.15) is 51.7 Å². The minimum Gasteiger partial charge on any atom is -0.299 e. The molecule has 1 aromatic rings. The minimum absolute atomic E-state index is 0.725. The molecule has 0 aliphatic rings. The predicted molar refractivity (Wildman–Crippen MR) is 85.3 cm³/mol. The maximum absolute atomic E-state index is 9.20. The van der Waals surface area contributed by atoms with Crippen LogP contribution in [0, 0.1) is 23.2 Å². The summed E-state index contributed by atoms with van der Waals surface area (Å²) >= 11 is 0. The quantitative estimate of drug-likeness (QED) is 0.699. The van der Waals surface area contributed by atoms with Crippen LogP contribution < -0.4 is 0 Å². The van der Waals surface area contributed by atoms with Gasteiger partial charge in [0.15, 0.2) is 0 Å². The minimum atomic E-state index is 0.725. The van der Waals surface area contributed by atoms with Crippen LogP contribution in [-0.4, -0.2) is 18.0 Å². The van der Waals surface area contributed by atoms with E-state index in [1.165, 1.54) is 12.8 Å². The van der Waals surface area contributed by atoms with Crippen LogP contribution in [0.5, 0.6) is 0 Å². The van der Waals surface area contributed by atoms with E-state index in [9.17, 15) is 5.26 Å². The Bertz CT molecular complexity index is 417. The van der Waals surface area contributed by atoms with E-state index in [0.717, 1.165) is 42.6 Å². The fourth-order valence-electron chi connectivity index (χ4n) is 2.16. The molecule has 0 fully saturated rings. The third-order valence-corrected chi connectivity index (χ3v) is 3.58. The third kappa shape index (κ3) is 6.21. The standard InChI is InChI=1S/C18H28N2/c1-15(2)9-11-20(12-10-16(3)4)14-18-8-6-5-7-17(18)13-19/h5-8,15-16H,9-12,14H2,1-4H3. The second kappa shape index (κ2) is 8.76. The number of hydrogen-bond donors (Lipinski definition) is 0. The Morgan fingerprint density at radius 2 is 1.55 bits per heavy atom. The van der Waals surface area contributed by atoms with E-state index in [1.807, 2.05) is 18.2 Å². The van der Waals surface area contributed by atoms with Crippen molar-refractivity contribution in [2.45, 2.75) is 47.1 Å². The summed E-state index contributed by atoms with van der Waals surface area (Å²) in [5.41, 5.74) is 1.97. The summed E-state index contributed by atoms with van der Waals surface area (Å²) in [6, 6.07) is 10.3. The Morgan fingerprint density at radius 3 is 2.05 bits per heavy atom. The molecular weight excluding hydrogens is 244 g/mol. The van der Waals surface area contributed by atoms with Crippen molar-refractivity contribution in [3.63, 3.8) is 0 Å². The molecule has 20 heavy (non-hydrogen) atoms. The molecule has 0 unspecified atom stereocenters. The van der Waals surface area contributed by atoms with Crippen molar-refractivity contribution in [1.82, 2.24) is 4.90 Å². The number of nitriles is 1. The highest BCUT2D eigenvalue weighted by Crippen LogP contribution is 2.14. The van der Waals surface area contributed by atoms with Gasteiger partial charge in [-0.3, -0.25) is 4.90 Å². The number of nitrogens with zero attached hydrogens (tertiary/aromatic N) is 2. The van der Waals surface area contributed by atoms with Crippen molar-refractivity contribution in [2.75, 3.05) is 13.1 Å². The van der Waals surface area contributed by atoms with Crippen molar-refractivity contribution in [3.05, 3.63) is 35.4 Å². The summed E-state index contributed by atoms with van der Waals surface area (Å²) in [5, 5.41) is 9.20. The Morgan fingerprint density at radius 1 is 1.00 bits per heavy atom. The fourth-order valence-corrected chi connectivity index (χ4v) is 2.16. The second-order valence-electron chi connectivity index (χ2n) is 6.41. The molecule has 1 aromatic carbocycles. The molecule has 0 heterocycles. The molecule has 2 heteroatoms. The van der Waals surface area contributed by atoms with E-state index < -0.39 is 0 Å². The van der Waals surface area contributed by atoms with Crippen LogP contribution >= 0.6 is 0 Å². The molecule has 1 rings (SSSR count). The Balaban J connectivity index is 2.69. The maximum Gasteiger partial charge on any atom is 0.0995 e. The monoisotopic (exact) mass is 272 g/mol. The predicted octanol–water partition coefficient (Wildman–Crippen LogP) is 4.45. The molecule has 110 valence electrons. The lowest BCUT2D eigenvalue weighted by Crippen LogP contribution is -2.27. The third-order valence-electron chi connectivity index (χ3n) is 3.58. The molecule has 0 N–H and O–H groups in total. The van der Waals surface area contributed by atoms with Gasteiger partial charge in [-0.1, -0.05) is 45.9 Å². The van der Waals surface area contributed by atoms with Gasteiger partial charge in [0, 0.05) is 6.54 Å². The normalized spacial score (nSPS) is 11.3. The molecule has 0 atom stereocenters. The first-order valence-electron chi connectivity index (χ1n) is 7.73. The summed E-state index contributed by atoms with van der Waals surface area (Å²) in [6.45, 7) is 12.2. The lowest BCUT2D eigenvalue weighted by Gasteiger charge is -2.24. The first-order valence-corrected chi connectivity index (χ1v) is 7.73. The molecular formula is C18H28N2. The average molecular weight is 272 g/mol. The Hall–Kier alpha value is -1.33. The van der Waals surface area contributed by atoms with Crippen molar-refractivity contribution < 1.29 is 0 Å². The van der Waals surface area contributed by atoms with Crippen LogP contribution in [0.25, 0.3) is 0 Å². The lowest BCUT2D eigenvalue weighted by atomic mass is 10.1. The summed E-state index contributed by atoms with van der Waals surface area (Å²) in [5.74, 6) is 1.45. The smallest absolute Gasteiger partial charge is 0.0995 e. The molecule has 0 radical (unpaired) electrons. The highest BCUT2D eigenvalue weighted by Gasteiger charge is 2.10. The first-order chi connectivity index (χ1) is 9.52. The number of hydrogen-bond acceptors (Lipinski definition) is 2. The molecule has 2 nitrogen and oxygen atoms in total. The topological polar surface area (TPSA) is 27.0 Å². The fraction of sp³-hybridized carbons (Fsp3) is 0.611. The number of benzene rings is 1. The Kier molecular flexibility index (Phi) is 7.33. The zero-order valence-electron chi connectivity index (χ0n) is 13.4. The van der Waals surface area contributed by atoms with E-state index in [-0.39, 0.29) is 0 Å². The lowest BCUT2D eigenvalue weighted by molar-refractivity contribution is 0.235. The van der Waals surface area contributed by atoms with E-state index in [2.05, 4.69) is 44.7 Å². The van der Waals surface area contributed by atoms with Crippen molar-refractivity contribution >= 4 is 0 Å². The molecule has 0 spiro atoms. The summed E-state index contributed by atoms with van der Waals surface area (Å²) in [6.07, 6.45) is 2.43. The van der Waals surface area contributed by atoms with Gasteiger partial charge in [0.2, 0.25) is 0 Å². The molecule has 0 aliphatic carbocycles. The van der Waals surface area contributed by atoms with Crippen molar-refractivity contribution in [3.8, 4) is 6.07 Å². The van der Waals surface area contributed by atoms with Gasteiger partial charge >= 0.3 is 0 Å². The van der Waals surface area contributed by atoms with Gasteiger partial charge in [0.1, 0.15) is 0 Å². The van der Waals surface area contributed by atoms with Gasteiger partial charge in [-0.2, -0.15) is 5.26 Å². The summed E-state index contributed by atoms with van der Waals surface area (Å²) in [7, 11) is 0. The molecule has 0 saturated heterocycles. The van der Waals surface area contributed by atoms with Crippen LogP contribution in [-0.2, 0) is 6.54 Å². The highest BCUT2D eigenvalue weighted by molar-refractivity contribution is 5.37. The van der Waals surface area contributed by atoms with E-state index in [4.69, 9.17) is 0 Å². The van der Waals surface area contributed by atoms with Gasteiger partial charge in [0.05, 0.1) is 11.6 Å².